The van der Waals surface area contributed by atoms with Crippen LogP contribution in [0.25, 0.3) is 0 Å². The lowest BCUT2D eigenvalue weighted by Crippen LogP contribution is -2.08. The van der Waals surface area contributed by atoms with Gasteiger partial charge in [0.2, 0.25) is 0 Å². The molecule has 0 radical (unpaired) electrons. The molecule has 0 unspecified atom stereocenters. The molecule has 0 spiro atoms. The average Bonchev–Trinajstić information content (AvgIpc) is 2.59. The van der Waals surface area contributed by atoms with Gasteiger partial charge in [0.05, 0.1) is 0 Å². The molecule has 0 aromatic heterocycles. The summed E-state index contributed by atoms with van der Waals surface area (Å²) >= 11 is 0. The second kappa shape index (κ2) is 11.7. The second-order valence-electron chi connectivity index (χ2n) is 6.86. The Hall–Kier alpha value is -1.81. The fraction of sp³-hybridized carbons (Fsp3) is 0.571. The summed E-state index contributed by atoms with van der Waals surface area (Å²) in [6, 6.07) is 7.80. The number of carbonyl (C=O) groups is 2. The predicted octanol–water partition coefficient (Wildman–Crippen LogP) is 4.50. The van der Waals surface area contributed by atoms with Crippen LogP contribution in [0.15, 0.2) is 29.3 Å². The van der Waals surface area contributed by atoms with Crippen molar-refractivity contribution in [3.8, 4) is 0 Å². The number of aliphatic imine (C=N–C) groups is 1. The van der Waals surface area contributed by atoms with Crippen molar-refractivity contribution >= 4 is 17.8 Å². The van der Waals surface area contributed by atoms with E-state index in [0.717, 1.165) is 17.5 Å². The molecule has 0 heterocycles. The summed E-state index contributed by atoms with van der Waals surface area (Å²) in [6.07, 6.45) is 4.34. The minimum absolute atomic E-state index is 0.0978. The Morgan fingerprint density at radius 2 is 1.60 bits per heavy atom. The van der Waals surface area contributed by atoms with Crippen LogP contribution in [0.1, 0.15) is 69.3 Å². The van der Waals surface area contributed by atoms with Crippen molar-refractivity contribution in [2.75, 3.05) is 13.2 Å². The third-order valence-electron chi connectivity index (χ3n) is 3.80. The second-order valence-corrected chi connectivity index (χ2v) is 6.86. The molecule has 138 valence electrons. The van der Waals surface area contributed by atoms with E-state index in [-0.39, 0.29) is 23.5 Å². The van der Waals surface area contributed by atoms with Gasteiger partial charge in [-0.1, -0.05) is 38.1 Å². The van der Waals surface area contributed by atoms with Crippen LogP contribution >= 0.6 is 0 Å². The van der Waals surface area contributed by atoms with E-state index in [0.29, 0.717) is 32.5 Å². The van der Waals surface area contributed by atoms with Crippen LogP contribution in [-0.2, 0) is 9.53 Å². The smallest absolute Gasteiger partial charge is 0.162 e. The lowest BCUT2D eigenvalue weighted by Gasteiger charge is -2.06. The Labute approximate surface area is 151 Å². The zero-order chi connectivity index (χ0) is 18.7. The summed E-state index contributed by atoms with van der Waals surface area (Å²) < 4.78 is 5.50. The third kappa shape index (κ3) is 9.30. The summed E-state index contributed by atoms with van der Waals surface area (Å²) in [7, 11) is 0. The van der Waals surface area contributed by atoms with Gasteiger partial charge in [-0.3, -0.25) is 14.6 Å². The van der Waals surface area contributed by atoms with Gasteiger partial charge in [-0.15, -0.1) is 0 Å². The van der Waals surface area contributed by atoms with Crippen LogP contribution in [0.4, 0.5) is 0 Å². The van der Waals surface area contributed by atoms with Gasteiger partial charge in [-0.25, -0.2) is 0 Å². The molecule has 0 amide bonds. The fourth-order valence-corrected chi connectivity index (χ4v) is 2.21. The van der Waals surface area contributed by atoms with Crippen molar-refractivity contribution in [2.45, 2.75) is 59.4 Å². The maximum atomic E-state index is 12.1. The highest BCUT2D eigenvalue weighted by atomic mass is 16.5. The first-order valence-electron chi connectivity index (χ1n) is 9.17. The summed E-state index contributed by atoms with van der Waals surface area (Å²) in [5, 5.41) is 0. The maximum Gasteiger partial charge on any atom is 0.162 e. The Kier molecular flexibility index (Phi) is 9.93. The zero-order valence-electron chi connectivity index (χ0n) is 16.0. The van der Waals surface area contributed by atoms with Gasteiger partial charge >= 0.3 is 0 Å². The van der Waals surface area contributed by atoms with E-state index in [1.54, 1.807) is 0 Å². The summed E-state index contributed by atoms with van der Waals surface area (Å²) in [5.74, 6) is 0.507. The molecule has 0 bridgehead atoms. The number of ether oxygens (including phenoxy) is 1. The predicted molar refractivity (Wildman–Crippen MR) is 103 cm³/mol. The minimum Gasteiger partial charge on any atom is -0.381 e. The van der Waals surface area contributed by atoms with Gasteiger partial charge in [-0.2, -0.15) is 0 Å². The van der Waals surface area contributed by atoms with Gasteiger partial charge in [0.1, 0.15) is 5.78 Å². The van der Waals surface area contributed by atoms with Gasteiger partial charge in [-0.05, 0) is 32.3 Å². The normalized spacial score (nSPS) is 11.6. The third-order valence-corrected chi connectivity index (χ3v) is 3.80. The first-order chi connectivity index (χ1) is 11.9. The van der Waals surface area contributed by atoms with Crippen molar-refractivity contribution in [1.82, 2.24) is 0 Å². The largest absolute Gasteiger partial charge is 0.381 e. The van der Waals surface area contributed by atoms with Crippen molar-refractivity contribution in [3.63, 3.8) is 0 Å². The molecule has 4 heteroatoms. The van der Waals surface area contributed by atoms with E-state index < -0.39 is 0 Å². The molecular weight excluding hydrogens is 314 g/mol. The SMILES string of the molecule is CC(C)N=Cc1ccc(C(=O)CCCOCCCC(=O)C(C)C)cc1. The Bertz CT molecular complexity index is 559. The molecule has 1 rings (SSSR count). The molecule has 0 saturated carbocycles. The summed E-state index contributed by atoms with van der Waals surface area (Å²) in [5.41, 5.74) is 1.73. The highest BCUT2D eigenvalue weighted by molar-refractivity contribution is 5.96. The van der Waals surface area contributed by atoms with Crippen LogP contribution in [0.2, 0.25) is 0 Å². The first-order valence-corrected chi connectivity index (χ1v) is 9.17. The van der Waals surface area contributed by atoms with Crippen molar-refractivity contribution in [2.24, 2.45) is 10.9 Å². The molecule has 0 aliphatic carbocycles. The lowest BCUT2D eigenvalue weighted by atomic mass is 10.0. The number of benzene rings is 1. The van der Waals surface area contributed by atoms with Gasteiger partial charge in [0.25, 0.3) is 0 Å². The molecule has 4 nitrogen and oxygen atoms in total. The van der Waals surface area contributed by atoms with E-state index in [1.807, 2.05) is 58.2 Å². The molecule has 0 fully saturated rings. The molecule has 0 saturated heterocycles. The fourth-order valence-electron chi connectivity index (χ4n) is 2.21. The molecule has 0 N–H and O–H groups in total. The van der Waals surface area contributed by atoms with E-state index in [1.165, 1.54) is 0 Å². The lowest BCUT2D eigenvalue weighted by molar-refractivity contribution is -0.122. The summed E-state index contributed by atoms with van der Waals surface area (Å²) in [4.78, 5) is 27.9. The van der Waals surface area contributed by atoms with Crippen LogP contribution in [0.5, 0.6) is 0 Å². The minimum atomic E-state index is 0.0978. The number of rotatable bonds is 12. The number of hydrogen-bond acceptors (Lipinski definition) is 4. The number of nitrogens with zero attached hydrogens (tertiary/aromatic N) is 1. The maximum absolute atomic E-state index is 12.1. The Balaban J connectivity index is 2.21. The van der Waals surface area contributed by atoms with E-state index in [9.17, 15) is 9.59 Å². The Morgan fingerprint density at radius 3 is 2.16 bits per heavy atom. The zero-order valence-corrected chi connectivity index (χ0v) is 16.0. The first kappa shape index (κ1) is 21.2. The molecule has 0 atom stereocenters. The molecule has 0 aliphatic rings. The number of Topliss-reactive ketones (excluding diaryl/α,β-unsaturated/α-hetero) is 2. The van der Waals surface area contributed by atoms with E-state index in [4.69, 9.17) is 4.74 Å². The summed E-state index contributed by atoms with van der Waals surface area (Å²) in [6.45, 7) is 9.02. The number of carbonyl (C=O) groups excluding carboxylic acids is 2. The quantitative estimate of drug-likeness (QED) is 0.318. The molecular formula is C21H31NO3. The van der Waals surface area contributed by atoms with Crippen molar-refractivity contribution < 1.29 is 14.3 Å². The van der Waals surface area contributed by atoms with Crippen LogP contribution in [-0.4, -0.2) is 37.0 Å². The highest BCUT2D eigenvalue weighted by Gasteiger charge is 2.07. The van der Waals surface area contributed by atoms with Crippen molar-refractivity contribution in [3.05, 3.63) is 35.4 Å². The highest BCUT2D eigenvalue weighted by Crippen LogP contribution is 2.08. The Morgan fingerprint density at radius 1 is 1.00 bits per heavy atom. The van der Waals surface area contributed by atoms with Crippen LogP contribution < -0.4 is 0 Å². The molecule has 1 aromatic rings. The standard InChI is InChI=1S/C21H31NO3/c1-16(2)20(23)7-5-13-25-14-6-8-21(24)19-11-9-18(10-12-19)15-22-17(3)4/h9-12,15-17H,5-8,13-14H2,1-4H3. The van der Waals surface area contributed by atoms with Crippen LogP contribution in [0, 0.1) is 5.92 Å². The monoisotopic (exact) mass is 345 g/mol. The number of hydrogen-bond donors (Lipinski definition) is 0. The topological polar surface area (TPSA) is 55.7 Å². The van der Waals surface area contributed by atoms with E-state index in [2.05, 4.69) is 4.99 Å². The van der Waals surface area contributed by atoms with Gasteiger partial charge in [0.15, 0.2) is 5.78 Å². The molecule has 0 aliphatic heterocycles. The molecule has 1 aromatic carbocycles. The average molecular weight is 345 g/mol. The van der Waals surface area contributed by atoms with E-state index >= 15 is 0 Å². The number of ketones is 2. The van der Waals surface area contributed by atoms with Crippen molar-refractivity contribution in [1.29, 1.82) is 0 Å². The van der Waals surface area contributed by atoms with Gasteiger partial charge in [0, 0.05) is 49.8 Å². The molecule has 25 heavy (non-hydrogen) atoms. The van der Waals surface area contributed by atoms with Crippen LogP contribution in [0.3, 0.4) is 0 Å². The van der Waals surface area contributed by atoms with Gasteiger partial charge < -0.3 is 4.74 Å².